The van der Waals surface area contributed by atoms with Gasteiger partial charge in [0.25, 0.3) is 0 Å². The highest BCUT2D eigenvalue weighted by atomic mass is 79.9. The van der Waals surface area contributed by atoms with E-state index < -0.39 is 0 Å². The molecule has 0 aliphatic heterocycles. The van der Waals surface area contributed by atoms with E-state index in [2.05, 4.69) is 20.9 Å². The van der Waals surface area contributed by atoms with Gasteiger partial charge in [-0.15, -0.1) is 0 Å². The summed E-state index contributed by atoms with van der Waals surface area (Å²) < 4.78 is 11.6. The van der Waals surface area contributed by atoms with Gasteiger partial charge in [-0.05, 0) is 41.6 Å². The molecule has 5 heteroatoms. The number of esters is 1. The number of rotatable bonds is 3. The third-order valence-corrected chi connectivity index (χ3v) is 4.79. The summed E-state index contributed by atoms with van der Waals surface area (Å²) in [7, 11) is 1.45. The lowest BCUT2D eigenvalue weighted by Crippen LogP contribution is -2.22. The van der Waals surface area contributed by atoms with Crippen molar-refractivity contribution in [3.63, 3.8) is 0 Å². The largest absolute Gasteiger partial charge is 0.469 e. The monoisotopic (exact) mass is 363 g/mol. The van der Waals surface area contributed by atoms with Gasteiger partial charge in [0.05, 0.1) is 13.0 Å². The molecule has 3 rings (SSSR count). The van der Waals surface area contributed by atoms with Crippen molar-refractivity contribution in [2.24, 2.45) is 5.92 Å². The van der Waals surface area contributed by atoms with E-state index in [1.807, 2.05) is 30.3 Å². The van der Waals surface area contributed by atoms with Crippen LogP contribution in [0.4, 0.5) is 0 Å². The molecule has 0 N–H and O–H groups in total. The summed E-state index contributed by atoms with van der Waals surface area (Å²) in [6.07, 6.45) is 3.47. The highest BCUT2D eigenvalue weighted by Crippen LogP contribution is 2.39. The van der Waals surface area contributed by atoms with Crippen molar-refractivity contribution < 1.29 is 13.9 Å². The summed E-state index contributed by atoms with van der Waals surface area (Å²) >= 11 is 3.49. The first-order chi connectivity index (χ1) is 10.7. The first-order valence-corrected chi connectivity index (χ1v) is 8.27. The number of nitrogens with zero attached hydrogens (tertiary/aromatic N) is 1. The van der Waals surface area contributed by atoms with Crippen molar-refractivity contribution >= 4 is 21.9 Å². The zero-order valence-corrected chi connectivity index (χ0v) is 14.0. The van der Waals surface area contributed by atoms with Crippen LogP contribution in [-0.2, 0) is 9.53 Å². The van der Waals surface area contributed by atoms with Crippen LogP contribution in [0.25, 0.3) is 11.3 Å². The molecule has 1 aliphatic rings. The molecular formula is C17H18BrNO3. The predicted octanol–water partition coefficient (Wildman–Crippen LogP) is 4.55. The Kier molecular flexibility index (Phi) is 4.62. The minimum atomic E-state index is -0.1000. The van der Waals surface area contributed by atoms with E-state index in [1.165, 1.54) is 7.11 Å². The van der Waals surface area contributed by atoms with Gasteiger partial charge in [0.2, 0.25) is 0 Å². The number of benzene rings is 1. The van der Waals surface area contributed by atoms with Gasteiger partial charge in [0.1, 0.15) is 0 Å². The highest BCUT2D eigenvalue weighted by Gasteiger charge is 2.30. The second-order valence-corrected chi connectivity index (χ2v) is 6.36. The molecule has 0 spiro atoms. The van der Waals surface area contributed by atoms with Crippen LogP contribution >= 0.6 is 15.9 Å². The summed E-state index contributed by atoms with van der Waals surface area (Å²) in [5, 5.41) is 0. The molecule has 116 valence electrons. The number of hydrogen-bond donors (Lipinski definition) is 0. The molecule has 0 bridgehead atoms. The van der Waals surface area contributed by atoms with E-state index in [4.69, 9.17) is 9.15 Å². The Morgan fingerprint density at radius 2 is 1.91 bits per heavy atom. The van der Waals surface area contributed by atoms with E-state index in [0.717, 1.165) is 47.5 Å². The molecule has 1 heterocycles. The van der Waals surface area contributed by atoms with Gasteiger partial charge in [0, 0.05) is 11.5 Å². The zero-order chi connectivity index (χ0) is 15.5. The van der Waals surface area contributed by atoms with Crippen molar-refractivity contribution in [1.29, 1.82) is 0 Å². The number of hydrogen-bond acceptors (Lipinski definition) is 4. The van der Waals surface area contributed by atoms with E-state index in [9.17, 15) is 4.79 Å². The van der Waals surface area contributed by atoms with E-state index in [-0.39, 0.29) is 17.8 Å². The number of carbonyl (C=O) groups is 1. The summed E-state index contributed by atoms with van der Waals surface area (Å²) in [5.41, 5.74) is 1.01. The first kappa shape index (κ1) is 15.3. The van der Waals surface area contributed by atoms with Crippen LogP contribution in [0.5, 0.6) is 0 Å². The van der Waals surface area contributed by atoms with Crippen LogP contribution in [0.15, 0.2) is 39.4 Å². The minimum absolute atomic E-state index is 0.0215. The minimum Gasteiger partial charge on any atom is -0.469 e. The molecule has 1 aliphatic carbocycles. The van der Waals surface area contributed by atoms with Crippen LogP contribution in [0.2, 0.25) is 0 Å². The van der Waals surface area contributed by atoms with E-state index in [1.54, 1.807) is 0 Å². The second kappa shape index (κ2) is 6.65. The Morgan fingerprint density at radius 1 is 1.23 bits per heavy atom. The smallest absolute Gasteiger partial charge is 0.308 e. The van der Waals surface area contributed by atoms with E-state index >= 15 is 0 Å². The molecule has 0 radical (unpaired) electrons. The molecule has 2 aromatic rings. The maximum absolute atomic E-state index is 11.6. The molecule has 0 unspecified atom stereocenters. The Labute approximate surface area is 138 Å². The lowest BCUT2D eigenvalue weighted by molar-refractivity contribution is -0.146. The van der Waals surface area contributed by atoms with Gasteiger partial charge in [-0.25, -0.2) is 4.98 Å². The average molecular weight is 364 g/mol. The lowest BCUT2D eigenvalue weighted by Gasteiger charge is -2.24. The predicted molar refractivity (Wildman–Crippen MR) is 86.4 cm³/mol. The number of carbonyl (C=O) groups excluding carboxylic acids is 1. The summed E-state index contributed by atoms with van der Waals surface area (Å²) in [6, 6.07) is 9.94. The van der Waals surface area contributed by atoms with Gasteiger partial charge >= 0.3 is 5.97 Å². The van der Waals surface area contributed by atoms with Crippen LogP contribution in [-0.4, -0.2) is 18.1 Å². The van der Waals surface area contributed by atoms with Crippen LogP contribution in [0, 0.1) is 5.92 Å². The third kappa shape index (κ3) is 3.09. The number of aromatic nitrogens is 1. The van der Waals surface area contributed by atoms with Gasteiger partial charge < -0.3 is 9.15 Å². The molecule has 0 amide bonds. The van der Waals surface area contributed by atoms with Gasteiger partial charge in [-0.1, -0.05) is 30.3 Å². The Balaban J connectivity index is 1.74. The lowest BCUT2D eigenvalue weighted by atomic mass is 9.82. The topological polar surface area (TPSA) is 52.3 Å². The molecule has 1 saturated carbocycles. The molecule has 0 atom stereocenters. The molecule has 4 nitrogen and oxygen atoms in total. The number of ether oxygens (including phenoxy) is 1. The van der Waals surface area contributed by atoms with Gasteiger partial charge in [0.15, 0.2) is 16.3 Å². The number of methoxy groups -OCH3 is 1. The van der Waals surface area contributed by atoms with Crippen LogP contribution in [0.1, 0.15) is 37.5 Å². The van der Waals surface area contributed by atoms with Crippen molar-refractivity contribution in [2.45, 2.75) is 31.6 Å². The normalized spacial score (nSPS) is 21.5. The average Bonchev–Trinajstić information content (AvgIpc) is 2.97. The molecule has 1 aromatic heterocycles. The molecule has 22 heavy (non-hydrogen) atoms. The maximum atomic E-state index is 11.6. The Bertz CT molecular complexity index is 645. The van der Waals surface area contributed by atoms with E-state index in [0.29, 0.717) is 0 Å². The number of halogens is 1. The fourth-order valence-electron chi connectivity index (χ4n) is 3.00. The van der Waals surface area contributed by atoms with Crippen molar-refractivity contribution in [3.05, 3.63) is 40.8 Å². The fourth-order valence-corrected chi connectivity index (χ4v) is 3.49. The Morgan fingerprint density at radius 3 is 2.55 bits per heavy atom. The highest BCUT2D eigenvalue weighted by molar-refractivity contribution is 9.10. The van der Waals surface area contributed by atoms with Gasteiger partial charge in [-0.3, -0.25) is 4.79 Å². The summed E-state index contributed by atoms with van der Waals surface area (Å²) in [6.45, 7) is 0. The van der Waals surface area contributed by atoms with Crippen molar-refractivity contribution in [1.82, 2.24) is 4.98 Å². The molecular weight excluding hydrogens is 346 g/mol. The Hall–Kier alpha value is -1.62. The summed E-state index contributed by atoms with van der Waals surface area (Å²) in [5.74, 6) is 1.72. The molecule has 0 saturated heterocycles. The quantitative estimate of drug-likeness (QED) is 0.750. The number of oxazole rings is 1. The first-order valence-electron chi connectivity index (χ1n) is 7.48. The van der Waals surface area contributed by atoms with Gasteiger partial charge in [-0.2, -0.15) is 0 Å². The third-order valence-electron chi connectivity index (χ3n) is 4.25. The maximum Gasteiger partial charge on any atom is 0.308 e. The van der Waals surface area contributed by atoms with Crippen molar-refractivity contribution in [2.75, 3.05) is 7.11 Å². The zero-order valence-electron chi connectivity index (χ0n) is 12.4. The second-order valence-electron chi connectivity index (χ2n) is 5.61. The molecule has 1 aromatic carbocycles. The fraction of sp³-hybridized carbons (Fsp3) is 0.412. The van der Waals surface area contributed by atoms with Crippen LogP contribution < -0.4 is 0 Å². The SMILES string of the molecule is COC(=O)C1CCC(c2nc(Br)c(-c3ccccc3)o2)CC1. The van der Waals surface area contributed by atoms with Crippen LogP contribution in [0.3, 0.4) is 0 Å². The summed E-state index contributed by atoms with van der Waals surface area (Å²) in [4.78, 5) is 16.1. The standard InChI is InChI=1S/C17H18BrNO3/c1-21-17(20)13-9-7-12(8-10-13)16-19-15(18)14(22-16)11-5-3-2-4-6-11/h2-6,12-13H,7-10H2,1H3. The molecule has 1 fully saturated rings. The van der Waals surface area contributed by atoms with Crippen molar-refractivity contribution in [3.8, 4) is 11.3 Å².